The third-order valence-electron chi connectivity index (χ3n) is 2.31. The summed E-state index contributed by atoms with van der Waals surface area (Å²) in [5.74, 6) is 0.169. The van der Waals surface area contributed by atoms with E-state index in [-0.39, 0.29) is 11.8 Å². The second kappa shape index (κ2) is 9.26. The lowest BCUT2D eigenvalue weighted by Gasteiger charge is -2.01. The molecule has 0 amide bonds. The first-order valence-electron chi connectivity index (χ1n) is 6.45. The molecule has 0 spiro atoms. The van der Waals surface area contributed by atoms with Crippen molar-refractivity contribution in [2.75, 3.05) is 13.2 Å². The van der Waals surface area contributed by atoms with Gasteiger partial charge >= 0.3 is 0 Å². The Hall–Kier alpha value is -0.810. The number of unbranched alkanes of at least 4 members (excludes halogenated alkanes) is 1. The Kier molecular flexibility index (Phi) is 8.04. The minimum absolute atomic E-state index is 0.0716. The molecule has 0 aromatic carbocycles. The number of halogens is 3. The standard InChI is InChI=1S/C14H17Cl3N2O2/c1-3-4-9-20-10-5-6-11(2)7-8-12-18-19-13(21-12)14(15,16)17/h5-8H,2-4,9-10H2,1H3. The van der Waals surface area contributed by atoms with Crippen LogP contribution >= 0.6 is 34.8 Å². The van der Waals surface area contributed by atoms with Gasteiger partial charge in [-0.1, -0.05) is 73.0 Å². The van der Waals surface area contributed by atoms with Crippen molar-refractivity contribution in [1.82, 2.24) is 10.2 Å². The molecule has 0 radical (unpaired) electrons. The zero-order valence-electron chi connectivity index (χ0n) is 11.7. The number of rotatable bonds is 8. The summed E-state index contributed by atoms with van der Waals surface area (Å²) in [5.41, 5.74) is 0.766. The minimum atomic E-state index is -1.72. The number of alkyl halides is 3. The third-order valence-corrected chi connectivity index (χ3v) is 2.80. The van der Waals surface area contributed by atoms with Gasteiger partial charge in [0.25, 0.3) is 9.68 Å². The highest BCUT2D eigenvalue weighted by Gasteiger charge is 2.29. The molecule has 0 bridgehead atoms. The second-order valence-electron chi connectivity index (χ2n) is 4.18. The molecule has 0 saturated carbocycles. The Balaban J connectivity index is 2.40. The Labute approximate surface area is 139 Å². The van der Waals surface area contributed by atoms with Gasteiger partial charge in [-0.05, 0) is 12.0 Å². The molecule has 116 valence electrons. The molecule has 1 aromatic heterocycles. The molecule has 0 atom stereocenters. The van der Waals surface area contributed by atoms with E-state index in [0.29, 0.717) is 6.61 Å². The highest BCUT2D eigenvalue weighted by atomic mass is 35.6. The second-order valence-corrected chi connectivity index (χ2v) is 6.46. The summed E-state index contributed by atoms with van der Waals surface area (Å²) in [6.07, 6.45) is 9.24. The van der Waals surface area contributed by atoms with Crippen molar-refractivity contribution in [2.45, 2.75) is 23.6 Å². The molecule has 0 unspecified atom stereocenters. The van der Waals surface area contributed by atoms with Gasteiger partial charge < -0.3 is 9.15 Å². The number of hydrogen-bond acceptors (Lipinski definition) is 4. The van der Waals surface area contributed by atoms with Crippen molar-refractivity contribution >= 4 is 40.9 Å². The largest absolute Gasteiger partial charge is 0.417 e. The van der Waals surface area contributed by atoms with Crippen molar-refractivity contribution in [2.24, 2.45) is 0 Å². The van der Waals surface area contributed by atoms with Crippen LogP contribution in [-0.2, 0) is 8.53 Å². The molecule has 4 nitrogen and oxygen atoms in total. The summed E-state index contributed by atoms with van der Waals surface area (Å²) in [7, 11) is 0. The smallest absolute Gasteiger partial charge is 0.268 e. The van der Waals surface area contributed by atoms with Crippen LogP contribution in [0.4, 0.5) is 0 Å². The molecule has 0 aliphatic heterocycles. The molecule has 0 N–H and O–H groups in total. The lowest BCUT2D eigenvalue weighted by Crippen LogP contribution is -1.99. The van der Waals surface area contributed by atoms with Gasteiger partial charge in [-0.15, -0.1) is 10.2 Å². The van der Waals surface area contributed by atoms with Crippen LogP contribution in [0.3, 0.4) is 0 Å². The number of hydrogen-bond donors (Lipinski definition) is 0. The lowest BCUT2D eigenvalue weighted by atomic mass is 10.2. The van der Waals surface area contributed by atoms with E-state index in [0.717, 1.165) is 25.0 Å². The van der Waals surface area contributed by atoms with Gasteiger partial charge in [-0.2, -0.15) is 0 Å². The van der Waals surface area contributed by atoms with Gasteiger partial charge in [-0.25, -0.2) is 0 Å². The van der Waals surface area contributed by atoms with Crippen LogP contribution in [-0.4, -0.2) is 23.4 Å². The molecular weight excluding hydrogens is 335 g/mol. The normalized spacial score (nSPS) is 12.6. The van der Waals surface area contributed by atoms with E-state index in [1.165, 1.54) is 0 Å². The molecule has 0 saturated heterocycles. The number of aromatic nitrogens is 2. The number of ether oxygens (including phenoxy) is 1. The van der Waals surface area contributed by atoms with E-state index >= 15 is 0 Å². The Morgan fingerprint density at radius 2 is 2.10 bits per heavy atom. The highest BCUT2D eigenvalue weighted by Crippen LogP contribution is 2.37. The third kappa shape index (κ3) is 7.67. The van der Waals surface area contributed by atoms with E-state index in [4.69, 9.17) is 44.0 Å². The highest BCUT2D eigenvalue weighted by molar-refractivity contribution is 6.66. The fraction of sp³-hybridized carbons (Fsp3) is 0.429. The van der Waals surface area contributed by atoms with Crippen LogP contribution in [0, 0.1) is 0 Å². The molecule has 0 fully saturated rings. The summed E-state index contributed by atoms with van der Waals surface area (Å²) in [6.45, 7) is 7.31. The average molecular weight is 352 g/mol. The molecule has 0 aliphatic carbocycles. The molecular formula is C14H17Cl3N2O2. The Morgan fingerprint density at radius 3 is 2.71 bits per heavy atom. The van der Waals surface area contributed by atoms with Crippen LogP contribution in [0.2, 0.25) is 0 Å². The summed E-state index contributed by atoms with van der Waals surface area (Å²) in [4.78, 5) is 0. The van der Waals surface area contributed by atoms with Crippen LogP contribution in [0.15, 0.2) is 34.8 Å². The molecule has 1 heterocycles. The summed E-state index contributed by atoms with van der Waals surface area (Å²) >= 11 is 16.9. The van der Waals surface area contributed by atoms with Crippen molar-refractivity contribution < 1.29 is 9.15 Å². The van der Waals surface area contributed by atoms with Gasteiger partial charge in [0.05, 0.1) is 6.61 Å². The quantitative estimate of drug-likeness (QED) is 0.382. The molecule has 21 heavy (non-hydrogen) atoms. The van der Waals surface area contributed by atoms with E-state index < -0.39 is 3.79 Å². The summed E-state index contributed by atoms with van der Waals surface area (Å²) in [5, 5.41) is 7.38. The Morgan fingerprint density at radius 1 is 1.33 bits per heavy atom. The van der Waals surface area contributed by atoms with Crippen LogP contribution < -0.4 is 0 Å². The van der Waals surface area contributed by atoms with Gasteiger partial charge in [0.1, 0.15) is 0 Å². The average Bonchev–Trinajstić information content (AvgIpc) is 2.89. The zero-order valence-corrected chi connectivity index (χ0v) is 14.0. The zero-order chi connectivity index (χ0) is 15.7. The van der Waals surface area contributed by atoms with Gasteiger partial charge in [0.2, 0.25) is 5.89 Å². The molecule has 7 heteroatoms. The van der Waals surface area contributed by atoms with Crippen molar-refractivity contribution in [3.63, 3.8) is 0 Å². The van der Waals surface area contributed by atoms with E-state index in [1.54, 1.807) is 12.2 Å². The fourth-order valence-electron chi connectivity index (χ4n) is 1.25. The SMILES string of the molecule is C=C(C=CCOCCCC)C=Cc1nnc(C(Cl)(Cl)Cl)o1. The van der Waals surface area contributed by atoms with Crippen molar-refractivity contribution in [3.05, 3.63) is 42.2 Å². The first-order valence-corrected chi connectivity index (χ1v) is 7.59. The Bertz CT molecular complexity index is 505. The van der Waals surface area contributed by atoms with Gasteiger partial charge in [-0.3, -0.25) is 0 Å². The van der Waals surface area contributed by atoms with E-state index in [2.05, 4.69) is 23.7 Å². The van der Waals surface area contributed by atoms with E-state index in [1.807, 2.05) is 12.2 Å². The number of nitrogens with zero attached hydrogens (tertiary/aromatic N) is 2. The minimum Gasteiger partial charge on any atom is -0.417 e. The van der Waals surface area contributed by atoms with E-state index in [9.17, 15) is 0 Å². The topological polar surface area (TPSA) is 48.2 Å². The van der Waals surface area contributed by atoms with Crippen LogP contribution in [0.1, 0.15) is 31.5 Å². The van der Waals surface area contributed by atoms with Crippen molar-refractivity contribution in [1.29, 1.82) is 0 Å². The number of allylic oxidation sites excluding steroid dienone is 3. The maximum atomic E-state index is 5.62. The summed E-state index contributed by atoms with van der Waals surface area (Å²) in [6, 6.07) is 0. The maximum absolute atomic E-state index is 5.62. The molecule has 0 aliphatic rings. The van der Waals surface area contributed by atoms with Crippen molar-refractivity contribution in [3.8, 4) is 0 Å². The first-order chi connectivity index (χ1) is 9.93. The lowest BCUT2D eigenvalue weighted by molar-refractivity contribution is 0.159. The predicted octanol–water partition coefficient (Wildman–Crippen LogP) is 4.84. The first kappa shape index (κ1) is 18.2. The molecule has 1 rings (SSSR count). The van der Waals surface area contributed by atoms with Crippen LogP contribution in [0.25, 0.3) is 6.08 Å². The predicted molar refractivity (Wildman–Crippen MR) is 86.6 cm³/mol. The maximum Gasteiger partial charge on any atom is 0.268 e. The van der Waals surface area contributed by atoms with Gasteiger partial charge in [0.15, 0.2) is 0 Å². The van der Waals surface area contributed by atoms with Crippen LogP contribution in [0.5, 0.6) is 0 Å². The monoisotopic (exact) mass is 350 g/mol. The fourth-order valence-corrected chi connectivity index (χ4v) is 1.48. The molecule has 1 aromatic rings. The van der Waals surface area contributed by atoms with Gasteiger partial charge in [0, 0.05) is 12.7 Å². The summed E-state index contributed by atoms with van der Waals surface area (Å²) < 4.78 is 8.85.